The van der Waals surface area contributed by atoms with E-state index in [0.717, 1.165) is 28.9 Å². The highest BCUT2D eigenvalue weighted by Gasteiger charge is 2.22. The van der Waals surface area contributed by atoms with Crippen molar-refractivity contribution >= 4 is 35.1 Å². The van der Waals surface area contributed by atoms with Crippen LogP contribution >= 0.6 is 23.2 Å². The number of benzene rings is 2. The molecule has 0 spiro atoms. The lowest BCUT2D eigenvalue weighted by molar-refractivity contribution is 0.102. The number of rotatable bonds is 2. The number of aryl methyl sites for hydroxylation is 1. The van der Waals surface area contributed by atoms with Crippen molar-refractivity contribution in [3.8, 4) is 5.75 Å². The smallest absolute Gasteiger partial charge is 0.189 e. The van der Waals surface area contributed by atoms with Crippen molar-refractivity contribution in [1.29, 1.82) is 0 Å². The molecule has 0 fully saturated rings. The van der Waals surface area contributed by atoms with Crippen LogP contribution < -0.4 is 4.74 Å². The average Bonchev–Trinajstić information content (AvgIpc) is 2.52. The molecule has 0 aliphatic heterocycles. The summed E-state index contributed by atoms with van der Waals surface area (Å²) in [6.45, 7) is 0. The van der Waals surface area contributed by atoms with Gasteiger partial charge < -0.3 is 4.74 Å². The van der Waals surface area contributed by atoms with Gasteiger partial charge in [-0.3, -0.25) is 4.79 Å². The first kappa shape index (κ1) is 15.1. The Morgan fingerprint density at radius 1 is 1.09 bits per heavy atom. The van der Waals surface area contributed by atoms with E-state index in [-0.39, 0.29) is 5.78 Å². The van der Waals surface area contributed by atoms with Gasteiger partial charge in [0.25, 0.3) is 0 Å². The van der Waals surface area contributed by atoms with E-state index in [9.17, 15) is 4.79 Å². The van der Waals surface area contributed by atoms with E-state index in [4.69, 9.17) is 27.9 Å². The van der Waals surface area contributed by atoms with Crippen LogP contribution in [0.2, 0.25) is 10.0 Å². The molecule has 2 aromatic carbocycles. The van der Waals surface area contributed by atoms with Crippen LogP contribution in [0.4, 0.5) is 0 Å². The monoisotopic (exact) mass is 332 g/mol. The molecular weight excluding hydrogens is 319 g/mol. The van der Waals surface area contributed by atoms with Gasteiger partial charge in [0.1, 0.15) is 5.75 Å². The molecule has 0 atom stereocenters. The van der Waals surface area contributed by atoms with E-state index in [1.807, 2.05) is 18.2 Å². The lowest BCUT2D eigenvalue weighted by Crippen LogP contribution is -2.14. The summed E-state index contributed by atoms with van der Waals surface area (Å²) in [4.78, 5) is 12.6. The number of fused-ring (bicyclic) bond motifs is 1. The first-order chi connectivity index (χ1) is 10.6. The van der Waals surface area contributed by atoms with E-state index >= 15 is 0 Å². The Balaban J connectivity index is 2.01. The summed E-state index contributed by atoms with van der Waals surface area (Å²) in [5.41, 5.74) is 3.17. The van der Waals surface area contributed by atoms with E-state index in [0.29, 0.717) is 22.0 Å². The number of ketones is 1. The van der Waals surface area contributed by atoms with Crippen molar-refractivity contribution in [3.05, 3.63) is 68.7 Å². The third kappa shape index (κ3) is 2.77. The number of carbonyl (C=O) groups excluding carboxylic acids is 1. The zero-order chi connectivity index (χ0) is 15.7. The van der Waals surface area contributed by atoms with Crippen molar-refractivity contribution in [2.45, 2.75) is 12.8 Å². The van der Waals surface area contributed by atoms with Crippen LogP contribution in [0, 0.1) is 0 Å². The SMILES string of the molecule is COc1ccc2c(c1)CC/C(=C/c1c(Cl)cccc1Cl)C2=O. The molecule has 1 aliphatic carbocycles. The molecule has 0 bridgehead atoms. The van der Waals surface area contributed by atoms with Crippen LogP contribution in [0.25, 0.3) is 6.08 Å². The summed E-state index contributed by atoms with van der Waals surface area (Å²) in [6, 6.07) is 10.9. The van der Waals surface area contributed by atoms with Crippen LogP contribution in [0.3, 0.4) is 0 Å². The van der Waals surface area contributed by atoms with Gasteiger partial charge in [-0.25, -0.2) is 0 Å². The second-order valence-electron chi connectivity index (χ2n) is 5.16. The van der Waals surface area contributed by atoms with Gasteiger partial charge in [0.15, 0.2) is 5.78 Å². The molecule has 0 aromatic heterocycles. The van der Waals surface area contributed by atoms with Crippen molar-refractivity contribution in [2.75, 3.05) is 7.11 Å². The summed E-state index contributed by atoms with van der Waals surface area (Å²) < 4.78 is 5.21. The maximum atomic E-state index is 12.6. The molecule has 3 rings (SSSR count). The van der Waals surface area contributed by atoms with Crippen molar-refractivity contribution in [2.24, 2.45) is 0 Å². The van der Waals surface area contributed by atoms with Crippen molar-refractivity contribution in [3.63, 3.8) is 0 Å². The van der Waals surface area contributed by atoms with Gasteiger partial charge >= 0.3 is 0 Å². The molecule has 112 valence electrons. The normalized spacial score (nSPS) is 15.8. The highest BCUT2D eigenvalue weighted by molar-refractivity contribution is 6.37. The number of halogens is 2. The predicted molar refractivity (Wildman–Crippen MR) is 90.1 cm³/mol. The van der Waals surface area contributed by atoms with Crippen LogP contribution in [0.15, 0.2) is 42.0 Å². The zero-order valence-corrected chi connectivity index (χ0v) is 13.5. The number of hydrogen-bond acceptors (Lipinski definition) is 2. The number of carbonyl (C=O) groups is 1. The molecule has 0 heterocycles. The largest absolute Gasteiger partial charge is 0.497 e. The van der Waals surface area contributed by atoms with Gasteiger partial charge in [-0.2, -0.15) is 0 Å². The molecule has 4 heteroatoms. The quantitative estimate of drug-likeness (QED) is 0.705. The Bertz CT molecular complexity index is 758. The van der Waals surface area contributed by atoms with Gasteiger partial charge in [-0.05, 0) is 54.8 Å². The molecule has 0 N–H and O–H groups in total. The molecule has 1 aliphatic rings. The first-order valence-corrected chi connectivity index (χ1v) is 7.72. The predicted octanol–water partition coefficient (Wildman–Crippen LogP) is 5.21. The van der Waals surface area contributed by atoms with E-state index in [2.05, 4.69) is 0 Å². The fourth-order valence-electron chi connectivity index (χ4n) is 2.64. The lowest BCUT2D eigenvalue weighted by Gasteiger charge is -2.18. The summed E-state index contributed by atoms with van der Waals surface area (Å²) >= 11 is 12.4. The Kier molecular flexibility index (Phi) is 4.23. The Labute approximate surface area is 139 Å². The molecule has 2 aromatic rings. The van der Waals surface area contributed by atoms with Gasteiger partial charge in [-0.15, -0.1) is 0 Å². The molecule has 2 nitrogen and oxygen atoms in total. The molecule has 0 unspecified atom stereocenters. The summed E-state index contributed by atoms with van der Waals surface area (Å²) in [6.07, 6.45) is 3.27. The van der Waals surface area contributed by atoms with E-state index in [1.54, 1.807) is 31.4 Å². The van der Waals surface area contributed by atoms with Crippen LogP contribution in [0.1, 0.15) is 27.9 Å². The van der Waals surface area contributed by atoms with Gasteiger partial charge in [-0.1, -0.05) is 29.3 Å². The van der Waals surface area contributed by atoms with Crippen molar-refractivity contribution < 1.29 is 9.53 Å². The molecule has 0 saturated heterocycles. The van der Waals surface area contributed by atoms with Crippen LogP contribution in [-0.4, -0.2) is 12.9 Å². The second kappa shape index (κ2) is 6.15. The van der Waals surface area contributed by atoms with Crippen LogP contribution in [0.5, 0.6) is 5.75 Å². The number of ether oxygens (including phenoxy) is 1. The fraction of sp³-hybridized carbons (Fsp3) is 0.167. The molecular formula is C18H14Cl2O2. The highest BCUT2D eigenvalue weighted by Crippen LogP contribution is 2.32. The summed E-state index contributed by atoms with van der Waals surface area (Å²) in [5.74, 6) is 0.799. The van der Waals surface area contributed by atoms with E-state index < -0.39 is 0 Å². The minimum atomic E-state index is 0.0277. The second-order valence-corrected chi connectivity index (χ2v) is 5.97. The maximum Gasteiger partial charge on any atom is 0.189 e. The Morgan fingerprint density at radius 2 is 1.82 bits per heavy atom. The number of allylic oxidation sites excluding steroid dienone is 1. The lowest BCUT2D eigenvalue weighted by atomic mass is 9.86. The average molecular weight is 333 g/mol. The molecule has 0 amide bonds. The third-order valence-electron chi connectivity index (χ3n) is 3.83. The minimum absolute atomic E-state index is 0.0277. The van der Waals surface area contributed by atoms with E-state index in [1.165, 1.54) is 0 Å². The standard InChI is InChI=1S/C18H14Cl2O2/c1-22-13-7-8-14-11(9-13)5-6-12(18(14)21)10-15-16(19)3-2-4-17(15)20/h2-4,7-10H,5-6H2,1H3/b12-10-. The number of hydrogen-bond donors (Lipinski definition) is 0. The Hall–Kier alpha value is -1.77. The number of Topliss-reactive ketones (excluding diaryl/α,β-unsaturated/α-hetero) is 1. The fourth-order valence-corrected chi connectivity index (χ4v) is 3.15. The van der Waals surface area contributed by atoms with Crippen LogP contribution in [-0.2, 0) is 6.42 Å². The Morgan fingerprint density at radius 3 is 2.50 bits per heavy atom. The van der Waals surface area contributed by atoms with Gasteiger partial charge in [0, 0.05) is 26.7 Å². The topological polar surface area (TPSA) is 26.3 Å². The minimum Gasteiger partial charge on any atom is -0.497 e. The van der Waals surface area contributed by atoms with Gasteiger partial charge in [0.05, 0.1) is 7.11 Å². The van der Waals surface area contributed by atoms with Crippen molar-refractivity contribution in [1.82, 2.24) is 0 Å². The molecule has 0 saturated carbocycles. The maximum absolute atomic E-state index is 12.6. The molecule has 22 heavy (non-hydrogen) atoms. The zero-order valence-electron chi connectivity index (χ0n) is 12.0. The molecule has 0 radical (unpaired) electrons. The summed E-state index contributed by atoms with van der Waals surface area (Å²) in [7, 11) is 1.62. The third-order valence-corrected chi connectivity index (χ3v) is 4.49. The highest BCUT2D eigenvalue weighted by atomic mass is 35.5. The first-order valence-electron chi connectivity index (χ1n) is 6.96. The number of methoxy groups -OCH3 is 1. The van der Waals surface area contributed by atoms with Gasteiger partial charge in [0.2, 0.25) is 0 Å². The summed E-state index contributed by atoms with van der Waals surface area (Å²) in [5, 5.41) is 1.10.